The van der Waals surface area contributed by atoms with Gasteiger partial charge < -0.3 is 10.4 Å². The van der Waals surface area contributed by atoms with Crippen molar-refractivity contribution in [3.05, 3.63) is 64.1 Å². The van der Waals surface area contributed by atoms with Gasteiger partial charge in [0.05, 0.1) is 0 Å². The van der Waals surface area contributed by atoms with Crippen molar-refractivity contribution in [2.24, 2.45) is 0 Å². The second kappa shape index (κ2) is 8.05. The zero-order valence-electron chi connectivity index (χ0n) is 13.3. The summed E-state index contributed by atoms with van der Waals surface area (Å²) in [5.41, 5.74) is 0.518. The predicted octanol–water partition coefficient (Wildman–Crippen LogP) is 1.08. The smallest absolute Gasteiger partial charge is 0.326 e. The monoisotopic (exact) mass is 329 g/mol. The summed E-state index contributed by atoms with van der Waals surface area (Å²) in [5.74, 6) is -1.75. The van der Waals surface area contributed by atoms with E-state index >= 15 is 0 Å². The molecule has 0 aliphatic heterocycles. The minimum Gasteiger partial charge on any atom is -0.480 e. The Morgan fingerprint density at radius 1 is 1.21 bits per heavy atom. The van der Waals surface area contributed by atoms with Gasteiger partial charge in [-0.3, -0.25) is 9.59 Å². The molecule has 1 amide bonds. The summed E-state index contributed by atoms with van der Waals surface area (Å²) in [5, 5.41) is 15.8. The predicted molar refractivity (Wildman–Crippen MR) is 87.8 cm³/mol. The molecule has 24 heavy (non-hydrogen) atoms. The molecule has 0 aliphatic rings. The maximum absolute atomic E-state index is 12.3. The fourth-order valence-electron chi connectivity index (χ4n) is 2.22. The molecule has 126 valence electrons. The van der Waals surface area contributed by atoms with Gasteiger partial charge in [-0.25, -0.2) is 9.48 Å². The Bertz CT molecular complexity index is 771. The summed E-state index contributed by atoms with van der Waals surface area (Å²) in [6.45, 7) is 2.29. The van der Waals surface area contributed by atoms with Crippen LogP contribution < -0.4 is 10.9 Å². The average Bonchev–Trinajstić information content (AvgIpc) is 2.57. The molecule has 0 radical (unpaired) electrons. The number of aromatic nitrogens is 2. The largest absolute Gasteiger partial charge is 0.480 e. The van der Waals surface area contributed by atoms with Crippen molar-refractivity contribution >= 4 is 11.9 Å². The number of nitrogens with zero attached hydrogens (tertiary/aromatic N) is 2. The van der Waals surface area contributed by atoms with Gasteiger partial charge in [-0.1, -0.05) is 37.3 Å². The number of benzene rings is 1. The molecule has 1 atom stereocenters. The van der Waals surface area contributed by atoms with E-state index in [9.17, 15) is 19.5 Å². The van der Waals surface area contributed by atoms with Crippen molar-refractivity contribution in [3.8, 4) is 0 Å². The standard InChI is InChI=1S/C17H19N3O4/c1-2-10-20-15(21)9-8-13(19-20)16(22)18-14(17(23)24)11-12-6-4-3-5-7-12/h3-9,14H,2,10-11H2,1H3,(H,18,22)(H,23,24)/t14-/m1/s1. The van der Waals surface area contributed by atoms with Gasteiger partial charge in [-0.15, -0.1) is 0 Å². The van der Waals surface area contributed by atoms with Gasteiger partial charge in [0, 0.05) is 19.0 Å². The van der Waals surface area contributed by atoms with E-state index in [2.05, 4.69) is 10.4 Å². The minimum absolute atomic E-state index is 0.0161. The second-order valence-electron chi connectivity index (χ2n) is 5.33. The van der Waals surface area contributed by atoms with Crippen LogP contribution in [0.25, 0.3) is 0 Å². The number of amides is 1. The third kappa shape index (κ3) is 4.52. The maximum atomic E-state index is 12.3. The molecule has 0 saturated heterocycles. The highest BCUT2D eigenvalue weighted by atomic mass is 16.4. The first kappa shape index (κ1) is 17.4. The third-order valence-electron chi connectivity index (χ3n) is 3.42. The minimum atomic E-state index is -1.13. The van der Waals surface area contributed by atoms with E-state index in [0.717, 1.165) is 5.56 Å². The lowest BCUT2D eigenvalue weighted by Gasteiger charge is -2.14. The van der Waals surface area contributed by atoms with Crippen LogP contribution in [0.2, 0.25) is 0 Å². The lowest BCUT2D eigenvalue weighted by atomic mass is 10.1. The van der Waals surface area contributed by atoms with Crippen LogP contribution in [0.4, 0.5) is 0 Å². The third-order valence-corrected chi connectivity index (χ3v) is 3.42. The van der Waals surface area contributed by atoms with Crippen molar-refractivity contribution in [1.29, 1.82) is 0 Å². The van der Waals surface area contributed by atoms with Gasteiger partial charge in [-0.2, -0.15) is 5.10 Å². The average molecular weight is 329 g/mol. The van der Waals surface area contributed by atoms with Gasteiger partial charge in [0.15, 0.2) is 0 Å². The molecule has 7 nitrogen and oxygen atoms in total. The summed E-state index contributed by atoms with van der Waals surface area (Å²) >= 11 is 0. The molecule has 2 aromatic rings. The summed E-state index contributed by atoms with van der Waals surface area (Å²) in [7, 11) is 0. The molecule has 1 heterocycles. The van der Waals surface area contributed by atoms with Crippen LogP contribution in [0.5, 0.6) is 0 Å². The number of hydrogen-bond acceptors (Lipinski definition) is 4. The van der Waals surface area contributed by atoms with Crippen molar-refractivity contribution < 1.29 is 14.7 Å². The lowest BCUT2D eigenvalue weighted by molar-refractivity contribution is -0.139. The molecule has 0 bridgehead atoms. The molecule has 2 N–H and O–H groups in total. The van der Waals surface area contributed by atoms with Crippen LogP contribution in [0.3, 0.4) is 0 Å². The quantitative estimate of drug-likeness (QED) is 0.791. The highest BCUT2D eigenvalue weighted by Gasteiger charge is 2.22. The van der Waals surface area contributed by atoms with Gasteiger partial charge in [0.2, 0.25) is 0 Å². The zero-order chi connectivity index (χ0) is 17.5. The van der Waals surface area contributed by atoms with E-state index < -0.39 is 17.9 Å². The first-order valence-corrected chi connectivity index (χ1v) is 7.67. The molecule has 0 aliphatic carbocycles. The van der Waals surface area contributed by atoms with Crippen LogP contribution in [-0.2, 0) is 17.8 Å². The zero-order valence-corrected chi connectivity index (χ0v) is 13.3. The second-order valence-corrected chi connectivity index (χ2v) is 5.33. The molecular formula is C17H19N3O4. The Hall–Kier alpha value is -2.96. The number of hydrogen-bond donors (Lipinski definition) is 2. The van der Waals surface area contributed by atoms with Crippen LogP contribution in [0, 0.1) is 0 Å². The van der Waals surface area contributed by atoms with E-state index in [-0.39, 0.29) is 17.7 Å². The van der Waals surface area contributed by atoms with Gasteiger partial charge in [-0.05, 0) is 18.1 Å². The molecule has 7 heteroatoms. The maximum Gasteiger partial charge on any atom is 0.326 e. The lowest BCUT2D eigenvalue weighted by Crippen LogP contribution is -2.43. The summed E-state index contributed by atoms with van der Waals surface area (Å²) < 4.78 is 1.20. The molecular weight excluding hydrogens is 310 g/mol. The van der Waals surface area contributed by atoms with Gasteiger partial charge in [0.25, 0.3) is 11.5 Å². The van der Waals surface area contributed by atoms with E-state index in [4.69, 9.17) is 0 Å². The van der Waals surface area contributed by atoms with Crippen molar-refractivity contribution in [1.82, 2.24) is 15.1 Å². The first-order chi connectivity index (χ1) is 11.5. The highest BCUT2D eigenvalue weighted by molar-refractivity contribution is 5.94. The Morgan fingerprint density at radius 2 is 1.92 bits per heavy atom. The Kier molecular flexibility index (Phi) is 5.83. The normalized spacial score (nSPS) is 11.7. The van der Waals surface area contributed by atoms with E-state index in [0.29, 0.717) is 13.0 Å². The number of aliphatic carboxylic acids is 1. The SMILES string of the molecule is CCCn1nc(C(=O)N[C@H](Cc2ccccc2)C(=O)O)ccc1=O. The number of nitrogens with one attached hydrogen (secondary N) is 1. The summed E-state index contributed by atoms with van der Waals surface area (Å²) in [4.78, 5) is 35.3. The van der Waals surface area contributed by atoms with Crippen LogP contribution in [-0.4, -0.2) is 32.8 Å². The van der Waals surface area contributed by atoms with Crippen LogP contribution >= 0.6 is 0 Å². The molecule has 2 rings (SSSR count). The molecule has 1 aromatic heterocycles. The Balaban J connectivity index is 2.14. The van der Waals surface area contributed by atoms with E-state index in [1.165, 1.54) is 16.8 Å². The molecule has 0 unspecified atom stereocenters. The number of carbonyl (C=O) groups excluding carboxylic acids is 1. The number of aryl methyl sites for hydroxylation is 1. The van der Waals surface area contributed by atoms with Gasteiger partial charge >= 0.3 is 5.97 Å². The number of carboxylic acid groups (broad SMARTS) is 1. The fraction of sp³-hybridized carbons (Fsp3) is 0.294. The van der Waals surface area contributed by atoms with Crippen molar-refractivity contribution in [3.63, 3.8) is 0 Å². The molecule has 1 aromatic carbocycles. The Morgan fingerprint density at radius 3 is 2.54 bits per heavy atom. The first-order valence-electron chi connectivity index (χ1n) is 7.67. The molecule has 0 fully saturated rings. The Labute approximate surface area is 138 Å². The van der Waals surface area contributed by atoms with E-state index in [1.54, 1.807) is 24.3 Å². The summed E-state index contributed by atoms with van der Waals surface area (Å²) in [6.07, 6.45) is 0.861. The topological polar surface area (TPSA) is 101 Å². The number of carboxylic acids is 1. The fourth-order valence-corrected chi connectivity index (χ4v) is 2.22. The van der Waals surface area contributed by atoms with Crippen molar-refractivity contribution in [2.75, 3.05) is 0 Å². The van der Waals surface area contributed by atoms with Gasteiger partial charge in [0.1, 0.15) is 11.7 Å². The van der Waals surface area contributed by atoms with E-state index in [1.807, 2.05) is 13.0 Å². The van der Waals surface area contributed by atoms with Crippen molar-refractivity contribution in [2.45, 2.75) is 32.4 Å². The number of rotatable bonds is 7. The number of carbonyl (C=O) groups is 2. The molecule has 0 saturated carbocycles. The van der Waals surface area contributed by atoms with Crippen LogP contribution in [0.15, 0.2) is 47.3 Å². The highest BCUT2D eigenvalue weighted by Crippen LogP contribution is 2.04. The summed E-state index contributed by atoms with van der Waals surface area (Å²) in [6, 6.07) is 10.5. The van der Waals surface area contributed by atoms with Crippen LogP contribution in [0.1, 0.15) is 29.4 Å². The molecule has 0 spiro atoms.